The Kier molecular flexibility index (Phi) is 5.28. The number of hydrogen-bond acceptors (Lipinski definition) is 7. The summed E-state index contributed by atoms with van der Waals surface area (Å²) in [5.41, 5.74) is 2.93. The van der Waals surface area contributed by atoms with Crippen LogP contribution in [0.1, 0.15) is 0 Å². The number of esters is 1. The number of fused-ring (bicyclic) bond motifs is 1. The molecular weight excluding hydrogens is 390 g/mol. The Morgan fingerprint density at radius 3 is 2.86 bits per heavy atom. The van der Waals surface area contributed by atoms with E-state index in [9.17, 15) is 14.7 Å². The van der Waals surface area contributed by atoms with E-state index in [0.717, 1.165) is 20.8 Å². The topological polar surface area (TPSA) is 91.8 Å². The second-order valence-corrected chi connectivity index (χ2v) is 7.52. The Bertz CT molecular complexity index is 1090. The molecule has 3 aromatic rings. The van der Waals surface area contributed by atoms with Crippen molar-refractivity contribution in [3.05, 3.63) is 59.8 Å². The first-order valence-electron chi connectivity index (χ1n) is 9.05. The second-order valence-electron chi connectivity index (χ2n) is 6.49. The Labute approximate surface area is 171 Å². The SMILES string of the molecule is COC(=O)C1=C(Nc2cccc(-c3nc4ccccc4s3)c2)C(=O)N(CCO)C1. The molecule has 1 aliphatic heterocycles. The quantitative estimate of drug-likeness (QED) is 0.608. The van der Waals surface area contributed by atoms with Gasteiger partial charge in [0.05, 0.1) is 36.1 Å². The normalized spacial score (nSPS) is 14.0. The zero-order valence-corrected chi connectivity index (χ0v) is 16.5. The summed E-state index contributed by atoms with van der Waals surface area (Å²) in [7, 11) is 1.28. The van der Waals surface area contributed by atoms with E-state index >= 15 is 0 Å². The zero-order chi connectivity index (χ0) is 20.4. The highest BCUT2D eigenvalue weighted by molar-refractivity contribution is 7.21. The minimum atomic E-state index is -0.566. The van der Waals surface area contributed by atoms with Gasteiger partial charge in [-0.1, -0.05) is 24.3 Å². The number of nitrogens with one attached hydrogen (secondary N) is 1. The summed E-state index contributed by atoms with van der Waals surface area (Å²) in [6.45, 7) is 0.0722. The molecule has 0 fully saturated rings. The van der Waals surface area contributed by atoms with E-state index in [2.05, 4.69) is 10.3 Å². The molecular formula is C21H19N3O4S. The first-order valence-corrected chi connectivity index (χ1v) is 9.87. The lowest BCUT2D eigenvalue weighted by molar-refractivity contribution is -0.136. The molecule has 7 nitrogen and oxygen atoms in total. The van der Waals surface area contributed by atoms with E-state index in [1.807, 2.05) is 48.5 Å². The maximum absolute atomic E-state index is 12.7. The molecule has 148 valence electrons. The maximum Gasteiger partial charge on any atom is 0.337 e. The molecule has 2 aromatic carbocycles. The first kappa shape index (κ1) is 19.1. The van der Waals surface area contributed by atoms with Gasteiger partial charge in [0, 0.05) is 17.8 Å². The summed E-state index contributed by atoms with van der Waals surface area (Å²) in [5, 5.41) is 13.1. The van der Waals surface area contributed by atoms with Gasteiger partial charge in [0.15, 0.2) is 0 Å². The Balaban J connectivity index is 1.65. The summed E-state index contributed by atoms with van der Waals surface area (Å²) in [4.78, 5) is 30.9. The summed E-state index contributed by atoms with van der Waals surface area (Å²) >= 11 is 1.59. The summed E-state index contributed by atoms with van der Waals surface area (Å²) in [5.74, 6) is -0.909. The lowest BCUT2D eigenvalue weighted by atomic mass is 10.2. The number of hydrogen-bond donors (Lipinski definition) is 2. The standard InChI is InChI=1S/C21H19N3O4S/c1-28-21(27)15-12-24(9-10-25)20(26)18(15)22-14-6-4-5-13(11-14)19-23-16-7-2-3-8-17(16)29-19/h2-8,11,22,25H,9-10,12H2,1H3. The number of methoxy groups -OCH3 is 1. The molecule has 8 heteroatoms. The number of nitrogens with zero attached hydrogens (tertiary/aromatic N) is 2. The molecule has 2 heterocycles. The molecule has 0 atom stereocenters. The van der Waals surface area contributed by atoms with Gasteiger partial charge >= 0.3 is 5.97 Å². The molecule has 0 aliphatic carbocycles. The number of anilines is 1. The van der Waals surface area contributed by atoms with Crippen molar-refractivity contribution >= 4 is 39.1 Å². The van der Waals surface area contributed by atoms with Crippen LogP contribution in [0.5, 0.6) is 0 Å². The second kappa shape index (κ2) is 8.02. The van der Waals surface area contributed by atoms with Crippen molar-refractivity contribution in [1.29, 1.82) is 0 Å². The van der Waals surface area contributed by atoms with Crippen molar-refractivity contribution in [2.45, 2.75) is 0 Å². The van der Waals surface area contributed by atoms with E-state index in [4.69, 9.17) is 4.74 Å². The molecule has 29 heavy (non-hydrogen) atoms. The third kappa shape index (κ3) is 3.72. The third-order valence-electron chi connectivity index (χ3n) is 4.63. The minimum absolute atomic E-state index is 0.103. The van der Waals surface area contributed by atoms with Gasteiger partial charge < -0.3 is 20.1 Å². The number of carbonyl (C=O) groups excluding carboxylic acids is 2. The molecule has 4 rings (SSSR count). The first-order chi connectivity index (χ1) is 14.1. The van der Waals surface area contributed by atoms with Crippen LogP contribution in [0.4, 0.5) is 5.69 Å². The summed E-state index contributed by atoms with van der Waals surface area (Å²) < 4.78 is 5.92. The molecule has 0 saturated heterocycles. The predicted molar refractivity (Wildman–Crippen MR) is 111 cm³/mol. The van der Waals surface area contributed by atoms with Crippen LogP contribution < -0.4 is 5.32 Å². The van der Waals surface area contributed by atoms with E-state index in [1.165, 1.54) is 12.0 Å². The molecule has 0 spiro atoms. The number of amides is 1. The lowest BCUT2D eigenvalue weighted by Crippen LogP contribution is -2.31. The fourth-order valence-corrected chi connectivity index (χ4v) is 4.18. The molecule has 0 unspecified atom stereocenters. The van der Waals surface area contributed by atoms with Gasteiger partial charge in [0.1, 0.15) is 10.7 Å². The van der Waals surface area contributed by atoms with E-state index in [1.54, 1.807) is 11.3 Å². The van der Waals surface area contributed by atoms with Crippen molar-refractivity contribution < 1.29 is 19.4 Å². The van der Waals surface area contributed by atoms with Gasteiger partial charge in [-0.15, -0.1) is 11.3 Å². The van der Waals surface area contributed by atoms with E-state index < -0.39 is 5.97 Å². The number of benzene rings is 2. The van der Waals surface area contributed by atoms with Gasteiger partial charge in [-0.25, -0.2) is 9.78 Å². The van der Waals surface area contributed by atoms with Crippen LogP contribution in [0, 0.1) is 0 Å². The van der Waals surface area contributed by atoms with Crippen LogP contribution in [0.25, 0.3) is 20.8 Å². The Morgan fingerprint density at radius 2 is 2.10 bits per heavy atom. The largest absolute Gasteiger partial charge is 0.466 e. The molecule has 1 aliphatic rings. The zero-order valence-electron chi connectivity index (χ0n) is 15.7. The number of aromatic nitrogens is 1. The molecule has 1 aromatic heterocycles. The highest BCUT2D eigenvalue weighted by Crippen LogP contribution is 2.32. The molecule has 1 amide bonds. The maximum atomic E-state index is 12.7. The smallest absolute Gasteiger partial charge is 0.337 e. The highest BCUT2D eigenvalue weighted by Gasteiger charge is 2.34. The number of β-amino-alcohol motifs (C(OH)–C–C–N with tert-alkyl or cyclic N) is 1. The van der Waals surface area contributed by atoms with Crippen LogP contribution in [0.2, 0.25) is 0 Å². The highest BCUT2D eigenvalue weighted by atomic mass is 32.1. The van der Waals surface area contributed by atoms with Crippen LogP contribution >= 0.6 is 11.3 Å². The lowest BCUT2D eigenvalue weighted by Gasteiger charge is -2.15. The Hall–Kier alpha value is -3.23. The molecule has 0 bridgehead atoms. The monoisotopic (exact) mass is 409 g/mol. The summed E-state index contributed by atoms with van der Waals surface area (Å²) in [6, 6.07) is 15.5. The molecule has 0 saturated carbocycles. The van der Waals surface area contributed by atoms with Crippen molar-refractivity contribution in [3.63, 3.8) is 0 Å². The average Bonchev–Trinajstić information content (AvgIpc) is 3.31. The fraction of sp³-hybridized carbons (Fsp3) is 0.190. The van der Waals surface area contributed by atoms with Crippen LogP contribution in [-0.2, 0) is 14.3 Å². The van der Waals surface area contributed by atoms with Crippen molar-refractivity contribution in [2.75, 3.05) is 32.1 Å². The number of thiazole rings is 1. The van der Waals surface area contributed by atoms with Crippen molar-refractivity contribution in [3.8, 4) is 10.6 Å². The number of carbonyl (C=O) groups is 2. The Morgan fingerprint density at radius 1 is 1.28 bits per heavy atom. The molecule has 0 radical (unpaired) electrons. The van der Waals surface area contributed by atoms with Crippen molar-refractivity contribution in [1.82, 2.24) is 9.88 Å². The minimum Gasteiger partial charge on any atom is -0.466 e. The van der Waals surface area contributed by atoms with Gasteiger partial charge in [-0.05, 0) is 24.3 Å². The van der Waals surface area contributed by atoms with Crippen LogP contribution in [-0.4, -0.2) is 53.7 Å². The van der Waals surface area contributed by atoms with E-state index in [-0.39, 0.29) is 36.9 Å². The third-order valence-corrected chi connectivity index (χ3v) is 5.71. The number of para-hydroxylation sites is 1. The van der Waals surface area contributed by atoms with Gasteiger partial charge in [0.25, 0.3) is 5.91 Å². The predicted octanol–water partition coefficient (Wildman–Crippen LogP) is 2.64. The molecule has 2 N–H and O–H groups in total. The number of aliphatic hydroxyl groups is 1. The van der Waals surface area contributed by atoms with E-state index in [0.29, 0.717) is 5.69 Å². The number of ether oxygens (including phenoxy) is 1. The van der Waals surface area contributed by atoms with Crippen LogP contribution in [0.15, 0.2) is 59.8 Å². The van der Waals surface area contributed by atoms with Gasteiger partial charge in [-0.3, -0.25) is 4.79 Å². The average molecular weight is 409 g/mol. The number of rotatable bonds is 6. The number of aliphatic hydroxyl groups excluding tert-OH is 1. The van der Waals surface area contributed by atoms with Gasteiger partial charge in [0.2, 0.25) is 0 Å². The van der Waals surface area contributed by atoms with Crippen LogP contribution in [0.3, 0.4) is 0 Å². The van der Waals surface area contributed by atoms with Crippen molar-refractivity contribution in [2.24, 2.45) is 0 Å². The summed E-state index contributed by atoms with van der Waals surface area (Å²) in [6.07, 6.45) is 0. The van der Waals surface area contributed by atoms with Gasteiger partial charge in [-0.2, -0.15) is 0 Å². The fourth-order valence-electron chi connectivity index (χ4n) is 3.22.